The van der Waals surface area contributed by atoms with Gasteiger partial charge in [-0.25, -0.2) is 0 Å². The highest BCUT2D eigenvalue weighted by molar-refractivity contribution is 5.03. The fourth-order valence-corrected chi connectivity index (χ4v) is 4.65. The van der Waals surface area contributed by atoms with Gasteiger partial charge in [-0.05, 0) is 63.3 Å². The third kappa shape index (κ3) is 2.09. The predicted octanol–water partition coefficient (Wildman–Crippen LogP) is 2.08. The van der Waals surface area contributed by atoms with Crippen LogP contribution in [0.2, 0.25) is 0 Å². The number of hydrogen-bond donors (Lipinski definition) is 1. The molecule has 0 amide bonds. The van der Waals surface area contributed by atoms with E-state index in [-0.39, 0.29) is 11.6 Å². The van der Waals surface area contributed by atoms with Crippen LogP contribution in [0.5, 0.6) is 0 Å². The van der Waals surface area contributed by atoms with E-state index in [4.69, 9.17) is 10.00 Å². The summed E-state index contributed by atoms with van der Waals surface area (Å²) in [6.45, 7) is 0.555. The summed E-state index contributed by atoms with van der Waals surface area (Å²) in [5.74, 6) is 2.74. The highest BCUT2D eigenvalue weighted by atomic mass is 16.5. The molecule has 1 unspecified atom stereocenters. The first-order valence-electron chi connectivity index (χ1n) is 6.94. The average Bonchev–Trinajstić information content (AvgIpc) is 2.28. The van der Waals surface area contributed by atoms with Crippen LogP contribution in [0.15, 0.2) is 0 Å². The van der Waals surface area contributed by atoms with Crippen LogP contribution >= 0.6 is 0 Å². The Labute approximate surface area is 104 Å². The lowest BCUT2D eigenvalue weighted by Gasteiger charge is -2.56. The van der Waals surface area contributed by atoms with E-state index in [1.54, 1.807) is 0 Å². The van der Waals surface area contributed by atoms with Gasteiger partial charge in [0.15, 0.2) is 0 Å². The maximum Gasteiger partial charge on any atom is 0.119 e. The second-order valence-corrected chi connectivity index (χ2v) is 6.38. The second-order valence-electron chi connectivity index (χ2n) is 6.38. The molecule has 0 aromatic heterocycles. The van der Waals surface area contributed by atoms with Crippen molar-refractivity contribution in [3.63, 3.8) is 0 Å². The number of hydrogen-bond acceptors (Lipinski definition) is 3. The second kappa shape index (κ2) is 4.26. The van der Waals surface area contributed by atoms with Gasteiger partial charge in [0.1, 0.15) is 6.04 Å². The van der Waals surface area contributed by atoms with E-state index in [0.29, 0.717) is 6.61 Å². The van der Waals surface area contributed by atoms with Gasteiger partial charge < -0.3 is 10.1 Å². The summed E-state index contributed by atoms with van der Waals surface area (Å²) < 4.78 is 6.20. The van der Waals surface area contributed by atoms with Gasteiger partial charge in [0.2, 0.25) is 0 Å². The summed E-state index contributed by atoms with van der Waals surface area (Å²) >= 11 is 0. The van der Waals surface area contributed by atoms with Crippen LogP contribution in [0.1, 0.15) is 38.5 Å². The summed E-state index contributed by atoms with van der Waals surface area (Å²) in [6, 6.07) is 2.10. The monoisotopic (exact) mass is 234 g/mol. The van der Waals surface area contributed by atoms with Crippen LogP contribution in [0.25, 0.3) is 0 Å². The normalized spacial score (nSPS) is 44.6. The number of nitrogens with one attached hydrogen (secondary N) is 1. The van der Waals surface area contributed by atoms with Gasteiger partial charge >= 0.3 is 0 Å². The zero-order valence-electron chi connectivity index (χ0n) is 10.6. The minimum absolute atomic E-state index is 0.140. The van der Waals surface area contributed by atoms with Crippen LogP contribution in [0, 0.1) is 29.1 Å². The molecule has 4 saturated carbocycles. The number of nitriles is 1. The standard InChI is InChI=1S/C14H22N2O/c1-16-13(8-15)9-17-14-5-10-2-11(6-14)4-12(3-10)7-14/h10-13,16H,2-7,9H2,1H3. The van der Waals surface area contributed by atoms with E-state index in [1.165, 1.54) is 38.5 Å². The van der Waals surface area contributed by atoms with E-state index >= 15 is 0 Å². The number of rotatable bonds is 4. The van der Waals surface area contributed by atoms with Crippen molar-refractivity contribution in [2.45, 2.75) is 50.2 Å². The first kappa shape index (κ1) is 11.5. The highest BCUT2D eigenvalue weighted by Gasteiger charge is 2.51. The SMILES string of the molecule is CNC(C#N)COC12CC3CC(CC(C3)C1)C2. The lowest BCUT2D eigenvalue weighted by Crippen LogP contribution is -2.53. The minimum Gasteiger partial charge on any atom is -0.372 e. The molecule has 94 valence electrons. The van der Waals surface area contributed by atoms with Crippen LogP contribution in [-0.4, -0.2) is 25.3 Å². The van der Waals surface area contributed by atoms with Crippen molar-refractivity contribution in [2.24, 2.45) is 17.8 Å². The summed E-state index contributed by atoms with van der Waals surface area (Å²) in [4.78, 5) is 0. The van der Waals surface area contributed by atoms with Crippen molar-refractivity contribution < 1.29 is 4.74 Å². The third-order valence-corrected chi connectivity index (χ3v) is 5.04. The van der Waals surface area contributed by atoms with Gasteiger partial charge in [0.25, 0.3) is 0 Å². The highest BCUT2D eigenvalue weighted by Crippen LogP contribution is 2.57. The molecule has 4 bridgehead atoms. The molecule has 3 nitrogen and oxygen atoms in total. The minimum atomic E-state index is -0.150. The van der Waals surface area contributed by atoms with Crippen molar-refractivity contribution in [3.05, 3.63) is 0 Å². The molecule has 0 saturated heterocycles. The van der Waals surface area contributed by atoms with Crippen molar-refractivity contribution in [2.75, 3.05) is 13.7 Å². The molecule has 0 aromatic rings. The third-order valence-electron chi connectivity index (χ3n) is 5.04. The van der Waals surface area contributed by atoms with E-state index in [9.17, 15) is 0 Å². The molecule has 4 fully saturated rings. The molecule has 17 heavy (non-hydrogen) atoms. The van der Waals surface area contributed by atoms with Crippen molar-refractivity contribution in [1.29, 1.82) is 5.26 Å². The van der Waals surface area contributed by atoms with E-state index in [1.807, 2.05) is 7.05 Å². The van der Waals surface area contributed by atoms with Crippen molar-refractivity contribution >= 4 is 0 Å². The maximum atomic E-state index is 8.95. The number of likely N-dealkylation sites (N-methyl/N-ethyl adjacent to an activating group) is 1. The smallest absolute Gasteiger partial charge is 0.119 e. The van der Waals surface area contributed by atoms with E-state index in [2.05, 4.69) is 11.4 Å². The summed E-state index contributed by atoms with van der Waals surface area (Å²) in [6.07, 6.45) is 8.07. The zero-order chi connectivity index (χ0) is 11.9. The Morgan fingerprint density at radius 1 is 1.24 bits per heavy atom. The predicted molar refractivity (Wildman–Crippen MR) is 65.3 cm³/mol. The van der Waals surface area contributed by atoms with Gasteiger partial charge in [-0.1, -0.05) is 0 Å². The van der Waals surface area contributed by atoms with Gasteiger partial charge in [0.05, 0.1) is 18.3 Å². The van der Waals surface area contributed by atoms with Gasteiger partial charge in [-0.15, -0.1) is 0 Å². The molecule has 3 heteroatoms. The first-order chi connectivity index (χ1) is 8.23. The van der Waals surface area contributed by atoms with Crippen LogP contribution in [0.4, 0.5) is 0 Å². The number of nitrogens with zero attached hydrogens (tertiary/aromatic N) is 1. The average molecular weight is 234 g/mol. The van der Waals surface area contributed by atoms with Crippen molar-refractivity contribution in [1.82, 2.24) is 5.32 Å². The summed E-state index contributed by atoms with van der Waals surface area (Å²) in [5, 5.41) is 11.9. The molecule has 4 rings (SSSR count). The molecule has 0 aliphatic heterocycles. The molecule has 4 aliphatic rings. The lowest BCUT2D eigenvalue weighted by atomic mass is 9.54. The van der Waals surface area contributed by atoms with Gasteiger partial charge in [-0.2, -0.15) is 5.26 Å². The molecule has 4 aliphatic carbocycles. The Morgan fingerprint density at radius 2 is 1.76 bits per heavy atom. The Hall–Kier alpha value is -0.590. The molecule has 0 aromatic carbocycles. The lowest BCUT2D eigenvalue weighted by molar-refractivity contribution is -0.163. The molecule has 0 heterocycles. The molecular weight excluding hydrogens is 212 g/mol. The first-order valence-corrected chi connectivity index (χ1v) is 6.94. The fraction of sp³-hybridized carbons (Fsp3) is 0.929. The maximum absolute atomic E-state index is 8.95. The molecular formula is C14H22N2O. The van der Waals surface area contributed by atoms with Crippen LogP contribution < -0.4 is 5.32 Å². The Kier molecular flexibility index (Phi) is 2.88. The topological polar surface area (TPSA) is 45.0 Å². The quantitative estimate of drug-likeness (QED) is 0.810. The van der Waals surface area contributed by atoms with E-state index in [0.717, 1.165) is 17.8 Å². The Morgan fingerprint density at radius 3 is 2.18 bits per heavy atom. The van der Waals surface area contributed by atoms with Crippen LogP contribution in [0.3, 0.4) is 0 Å². The zero-order valence-corrected chi connectivity index (χ0v) is 10.6. The molecule has 0 spiro atoms. The van der Waals surface area contributed by atoms with Crippen LogP contribution in [-0.2, 0) is 4.74 Å². The van der Waals surface area contributed by atoms with Gasteiger partial charge in [0, 0.05) is 0 Å². The molecule has 1 atom stereocenters. The Bertz CT molecular complexity index is 298. The van der Waals surface area contributed by atoms with Crippen molar-refractivity contribution in [3.8, 4) is 6.07 Å². The molecule has 0 radical (unpaired) electrons. The number of ether oxygens (including phenoxy) is 1. The largest absolute Gasteiger partial charge is 0.372 e. The van der Waals surface area contributed by atoms with Gasteiger partial charge in [-0.3, -0.25) is 0 Å². The van der Waals surface area contributed by atoms with E-state index < -0.39 is 0 Å². The Balaban J connectivity index is 1.64. The fourth-order valence-electron chi connectivity index (χ4n) is 4.65. The molecule has 1 N–H and O–H groups in total. The summed E-state index contributed by atoms with van der Waals surface area (Å²) in [7, 11) is 1.83. The summed E-state index contributed by atoms with van der Waals surface area (Å²) in [5.41, 5.74) is 0.140.